The molecule has 3 heteroatoms. The van der Waals surface area contributed by atoms with Crippen molar-refractivity contribution in [2.24, 2.45) is 7.05 Å². The van der Waals surface area contributed by atoms with E-state index in [-0.39, 0.29) is 5.82 Å². The molecule has 19 heavy (non-hydrogen) atoms. The monoisotopic (exact) mass is 255 g/mol. The number of aryl methyl sites for hydroxylation is 3. The average Bonchev–Trinajstić information content (AvgIpc) is 2.39. The SMILES string of the molecule is CCc1c2cc3ccccc3c(F)c2c(C)n[n+]1C. The van der Waals surface area contributed by atoms with Gasteiger partial charge in [0.15, 0.2) is 7.05 Å². The van der Waals surface area contributed by atoms with Crippen molar-refractivity contribution in [2.75, 3.05) is 0 Å². The van der Waals surface area contributed by atoms with Crippen molar-refractivity contribution in [1.29, 1.82) is 0 Å². The van der Waals surface area contributed by atoms with Crippen LogP contribution in [0.3, 0.4) is 0 Å². The largest absolute Gasteiger partial charge is 0.215 e. The van der Waals surface area contributed by atoms with Crippen molar-refractivity contribution < 1.29 is 9.07 Å². The fourth-order valence-corrected chi connectivity index (χ4v) is 2.81. The maximum Gasteiger partial charge on any atom is 0.215 e. The highest BCUT2D eigenvalue weighted by Crippen LogP contribution is 2.29. The van der Waals surface area contributed by atoms with Crippen molar-refractivity contribution in [1.82, 2.24) is 5.10 Å². The smallest absolute Gasteiger partial charge is 0.206 e. The summed E-state index contributed by atoms with van der Waals surface area (Å²) in [6.07, 6.45) is 0.831. The van der Waals surface area contributed by atoms with Gasteiger partial charge in [0.05, 0.1) is 10.8 Å². The number of hydrogen-bond acceptors (Lipinski definition) is 1. The molecule has 1 aromatic heterocycles. The zero-order valence-electron chi connectivity index (χ0n) is 11.4. The molecule has 0 aliphatic rings. The first kappa shape index (κ1) is 12.0. The topological polar surface area (TPSA) is 16.8 Å². The summed E-state index contributed by atoms with van der Waals surface area (Å²) in [5.41, 5.74) is 1.79. The van der Waals surface area contributed by atoms with Crippen LogP contribution in [0.25, 0.3) is 21.5 Å². The van der Waals surface area contributed by atoms with Crippen LogP contribution in [-0.2, 0) is 13.5 Å². The molecule has 2 nitrogen and oxygen atoms in total. The average molecular weight is 255 g/mol. The van der Waals surface area contributed by atoms with E-state index in [0.29, 0.717) is 10.8 Å². The number of benzene rings is 2. The molecule has 0 N–H and O–H groups in total. The van der Waals surface area contributed by atoms with E-state index >= 15 is 0 Å². The number of hydrogen-bond donors (Lipinski definition) is 0. The van der Waals surface area contributed by atoms with E-state index in [2.05, 4.69) is 18.1 Å². The molecule has 0 aliphatic heterocycles. The summed E-state index contributed by atoms with van der Waals surface area (Å²) in [5, 5.41) is 7.63. The quantitative estimate of drug-likeness (QED) is 0.482. The van der Waals surface area contributed by atoms with Gasteiger partial charge in [-0.1, -0.05) is 35.9 Å². The van der Waals surface area contributed by atoms with Crippen LogP contribution in [0.15, 0.2) is 30.3 Å². The van der Waals surface area contributed by atoms with Crippen LogP contribution in [0, 0.1) is 12.7 Å². The van der Waals surface area contributed by atoms with E-state index < -0.39 is 0 Å². The predicted octanol–water partition coefficient (Wildman–Crippen LogP) is 3.22. The molecule has 96 valence electrons. The van der Waals surface area contributed by atoms with Crippen LogP contribution >= 0.6 is 0 Å². The van der Waals surface area contributed by atoms with Crippen LogP contribution in [-0.4, -0.2) is 5.10 Å². The van der Waals surface area contributed by atoms with Crippen LogP contribution in [0.5, 0.6) is 0 Å². The van der Waals surface area contributed by atoms with Crippen LogP contribution in [0.1, 0.15) is 18.3 Å². The molecular weight excluding hydrogens is 239 g/mol. The van der Waals surface area contributed by atoms with Gasteiger partial charge in [0.2, 0.25) is 5.69 Å². The van der Waals surface area contributed by atoms with Crippen LogP contribution < -0.4 is 4.68 Å². The Kier molecular flexibility index (Phi) is 2.70. The summed E-state index contributed by atoms with van der Waals surface area (Å²) < 4.78 is 16.6. The van der Waals surface area contributed by atoms with Gasteiger partial charge in [-0.05, 0) is 23.5 Å². The van der Waals surface area contributed by atoms with Crippen molar-refractivity contribution >= 4 is 21.5 Å². The summed E-state index contributed by atoms with van der Waals surface area (Å²) in [7, 11) is 1.92. The standard InChI is InChI=1S/C16H16FN2/c1-4-14-13-9-11-7-5-6-8-12(11)16(17)15(13)10(2)18-19(14)3/h5-9H,4H2,1-3H3/q+1. The Balaban J connectivity index is 2.60. The number of halogens is 1. The third kappa shape index (κ3) is 1.69. The second kappa shape index (κ2) is 4.26. The van der Waals surface area contributed by atoms with Gasteiger partial charge in [0, 0.05) is 11.8 Å². The first-order chi connectivity index (χ1) is 9.13. The fraction of sp³-hybridized carbons (Fsp3) is 0.250. The Labute approximate surface area is 111 Å². The third-order valence-electron chi connectivity index (χ3n) is 3.68. The first-order valence-corrected chi connectivity index (χ1v) is 6.50. The lowest BCUT2D eigenvalue weighted by molar-refractivity contribution is -0.736. The minimum Gasteiger partial charge on any atom is -0.206 e. The highest BCUT2D eigenvalue weighted by molar-refractivity contribution is 6.00. The van der Waals surface area contributed by atoms with E-state index in [1.54, 1.807) is 0 Å². The molecule has 0 saturated heterocycles. The predicted molar refractivity (Wildman–Crippen MR) is 74.5 cm³/mol. The molecule has 1 heterocycles. The number of fused-ring (bicyclic) bond motifs is 2. The lowest BCUT2D eigenvalue weighted by atomic mass is 10.0. The van der Waals surface area contributed by atoms with Gasteiger partial charge in [-0.25, -0.2) is 4.39 Å². The summed E-state index contributed by atoms with van der Waals surface area (Å²) in [6.45, 7) is 3.93. The second-order valence-electron chi connectivity index (χ2n) is 4.84. The van der Waals surface area contributed by atoms with Crippen molar-refractivity contribution in [2.45, 2.75) is 20.3 Å². The summed E-state index contributed by atoms with van der Waals surface area (Å²) >= 11 is 0. The Morgan fingerprint density at radius 2 is 1.95 bits per heavy atom. The van der Waals surface area contributed by atoms with E-state index in [0.717, 1.165) is 28.6 Å². The van der Waals surface area contributed by atoms with Gasteiger partial charge in [-0.15, -0.1) is 0 Å². The van der Waals surface area contributed by atoms with E-state index in [1.807, 2.05) is 42.9 Å². The molecule has 0 unspecified atom stereocenters. The lowest BCUT2D eigenvalue weighted by Gasteiger charge is -2.08. The summed E-state index contributed by atoms with van der Waals surface area (Å²) in [6, 6.07) is 9.65. The maximum atomic E-state index is 14.7. The van der Waals surface area contributed by atoms with Gasteiger partial charge in [0.25, 0.3) is 0 Å². The minimum absolute atomic E-state index is 0.159. The molecule has 0 atom stereocenters. The van der Waals surface area contributed by atoms with Gasteiger partial charge in [0.1, 0.15) is 11.5 Å². The lowest BCUT2D eigenvalue weighted by Crippen LogP contribution is -2.38. The third-order valence-corrected chi connectivity index (χ3v) is 3.68. The van der Waals surface area contributed by atoms with Crippen molar-refractivity contribution in [3.8, 4) is 0 Å². The van der Waals surface area contributed by atoms with Crippen LogP contribution in [0.2, 0.25) is 0 Å². The zero-order valence-corrected chi connectivity index (χ0v) is 11.4. The Hall–Kier alpha value is -2.03. The molecule has 3 aromatic rings. The molecule has 0 spiro atoms. The molecule has 3 rings (SSSR count). The number of aromatic nitrogens is 2. The number of nitrogens with zero attached hydrogens (tertiary/aromatic N) is 2. The Bertz CT molecular complexity index is 794. The van der Waals surface area contributed by atoms with E-state index in [9.17, 15) is 4.39 Å². The molecule has 0 saturated carbocycles. The molecule has 0 amide bonds. The first-order valence-electron chi connectivity index (χ1n) is 6.50. The van der Waals surface area contributed by atoms with Crippen molar-refractivity contribution in [3.63, 3.8) is 0 Å². The summed E-state index contributed by atoms with van der Waals surface area (Å²) in [4.78, 5) is 0. The molecule has 0 bridgehead atoms. The molecule has 0 fully saturated rings. The van der Waals surface area contributed by atoms with E-state index in [1.165, 1.54) is 0 Å². The van der Waals surface area contributed by atoms with Gasteiger partial charge in [-0.3, -0.25) is 0 Å². The van der Waals surface area contributed by atoms with Crippen LogP contribution in [0.4, 0.5) is 4.39 Å². The molecular formula is C16H16FN2+. The van der Waals surface area contributed by atoms with Gasteiger partial charge < -0.3 is 0 Å². The minimum atomic E-state index is -0.159. The normalized spacial score (nSPS) is 11.4. The molecule has 0 radical (unpaired) electrons. The fourth-order valence-electron chi connectivity index (χ4n) is 2.81. The molecule has 2 aromatic carbocycles. The second-order valence-corrected chi connectivity index (χ2v) is 4.84. The van der Waals surface area contributed by atoms with Crippen molar-refractivity contribution in [3.05, 3.63) is 47.5 Å². The zero-order chi connectivity index (χ0) is 13.6. The maximum absolute atomic E-state index is 14.7. The Morgan fingerprint density at radius 3 is 2.68 bits per heavy atom. The number of rotatable bonds is 1. The van der Waals surface area contributed by atoms with Gasteiger partial charge >= 0.3 is 0 Å². The van der Waals surface area contributed by atoms with Gasteiger partial charge in [-0.2, -0.15) is 0 Å². The Morgan fingerprint density at radius 1 is 1.21 bits per heavy atom. The highest BCUT2D eigenvalue weighted by atomic mass is 19.1. The van der Waals surface area contributed by atoms with E-state index in [4.69, 9.17) is 0 Å². The summed E-state index contributed by atoms with van der Waals surface area (Å²) in [5.74, 6) is -0.159. The molecule has 0 aliphatic carbocycles. The highest BCUT2D eigenvalue weighted by Gasteiger charge is 2.19.